The van der Waals surface area contributed by atoms with Crippen molar-refractivity contribution < 1.29 is 33.4 Å². The van der Waals surface area contributed by atoms with Gasteiger partial charge >= 0.3 is 6.09 Å². The van der Waals surface area contributed by atoms with Gasteiger partial charge in [0.1, 0.15) is 18.7 Å². The molecule has 1 aliphatic rings. The first-order valence-electron chi connectivity index (χ1n) is 10.9. The average molecular weight is 465 g/mol. The second kappa shape index (κ2) is 13.5. The summed E-state index contributed by atoms with van der Waals surface area (Å²) in [5.41, 5.74) is 1.71. The van der Waals surface area contributed by atoms with Gasteiger partial charge in [0.05, 0.1) is 19.8 Å². The first-order chi connectivity index (χ1) is 15.8. The van der Waals surface area contributed by atoms with Crippen LogP contribution in [0.3, 0.4) is 0 Å². The van der Waals surface area contributed by atoms with Crippen molar-refractivity contribution in [2.45, 2.75) is 38.8 Å². The minimum Gasteiger partial charge on any atom is -0.447 e. The van der Waals surface area contributed by atoms with Gasteiger partial charge in [0.25, 0.3) is 5.91 Å². The molecule has 1 aromatic heterocycles. The van der Waals surface area contributed by atoms with E-state index in [-0.39, 0.29) is 25.6 Å². The third-order valence-corrected chi connectivity index (χ3v) is 5.08. The summed E-state index contributed by atoms with van der Waals surface area (Å²) >= 11 is 0. The monoisotopic (exact) mass is 464 g/mol. The highest BCUT2D eigenvalue weighted by molar-refractivity contribution is 6.38. The number of alkyl carbamates (subject to hydrolysis) is 1. The number of amides is 3. The van der Waals surface area contributed by atoms with Crippen LogP contribution in [-0.2, 0) is 41.4 Å². The zero-order valence-corrected chi connectivity index (χ0v) is 19.2. The van der Waals surface area contributed by atoms with Gasteiger partial charge in [-0.3, -0.25) is 19.4 Å². The maximum absolute atomic E-state index is 13.0. The molecule has 0 aromatic carbocycles. The minimum absolute atomic E-state index is 0.00699. The molecule has 0 saturated carbocycles. The number of carbonyl (C=O) groups excluding carboxylic acids is 4. The summed E-state index contributed by atoms with van der Waals surface area (Å²) in [6, 6.07) is -0.237. The van der Waals surface area contributed by atoms with Crippen molar-refractivity contribution >= 4 is 23.7 Å². The molecular formula is C22H32N4O7. The van der Waals surface area contributed by atoms with Crippen LogP contribution in [0.4, 0.5) is 4.79 Å². The number of fused-ring (bicyclic) bond motifs is 1. The molecule has 2 unspecified atom stereocenters. The summed E-state index contributed by atoms with van der Waals surface area (Å²) in [7, 11) is 1.55. The van der Waals surface area contributed by atoms with Crippen LogP contribution in [0.2, 0.25) is 0 Å². The zero-order chi connectivity index (χ0) is 24.2. The number of ketones is 1. The topological polar surface area (TPSA) is 145 Å². The van der Waals surface area contributed by atoms with Gasteiger partial charge < -0.3 is 30.2 Å². The third-order valence-electron chi connectivity index (χ3n) is 5.08. The van der Waals surface area contributed by atoms with Gasteiger partial charge in [0, 0.05) is 32.5 Å². The Balaban J connectivity index is 2.01. The summed E-state index contributed by atoms with van der Waals surface area (Å²) < 4.78 is 15.1. The van der Waals surface area contributed by atoms with E-state index in [0.29, 0.717) is 26.2 Å². The third kappa shape index (κ3) is 8.43. The quantitative estimate of drug-likeness (QED) is 0.318. The number of pyridine rings is 1. The SMILES string of the molecule is COCCOCCOC(=O)NC(C(=O)NC1Cc2cnccc2CCNC(=O)C1=O)C(C)C. The second-order valence-electron chi connectivity index (χ2n) is 7.89. The number of hydrogen-bond acceptors (Lipinski definition) is 8. The predicted octanol–water partition coefficient (Wildman–Crippen LogP) is -0.236. The molecule has 0 bridgehead atoms. The van der Waals surface area contributed by atoms with Crippen LogP contribution < -0.4 is 16.0 Å². The van der Waals surface area contributed by atoms with Crippen LogP contribution in [0.5, 0.6) is 0 Å². The number of ether oxygens (including phenoxy) is 3. The molecule has 2 atom stereocenters. The largest absolute Gasteiger partial charge is 0.447 e. The van der Waals surface area contributed by atoms with E-state index in [1.54, 1.807) is 33.4 Å². The Morgan fingerprint density at radius 2 is 1.94 bits per heavy atom. The van der Waals surface area contributed by atoms with Crippen LogP contribution >= 0.6 is 0 Å². The Morgan fingerprint density at radius 3 is 2.67 bits per heavy atom. The zero-order valence-electron chi connectivity index (χ0n) is 19.2. The highest BCUT2D eigenvalue weighted by Gasteiger charge is 2.33. The highest BCUT2D eigenvalue weighted by atomic mass is 16.6. The van der Waals surface area contributed by atoms with E-state index in [4.69, 9.17) is 14.2 Å². The molecule has 33 heavy (non-hydrogen) atoms. The Hall–Kier alpha value is -3.05. The van der Waals surface area contributed by atoms with E-state index in [2.05, 4.69) is 20.9 Å². The number of aromatic nitrogens is 1. The molecule has 1 aliphatic heterocycles. The van der Waals surface area contributed by atoms with Crippen LogP contribution in [0.25, 0.3) is 0 Å². The Labute approximate surface area is 192 Å². The van der Waals surface area contributed by atoms with Gasteiger partial charge in [-0.25, -0.2) is 4.79 Å². The number of hydrogen-bond donors (Lipinski definition) is 3. The Kier molecular flexibility index (Phi) is 10.7. The standard InChI is InChI=1S/C22H32N4O7/c1-14(2)18(26-22(30)33-11-10-32-9-8-31-3)20(28)25-17-12-16-13-23-6-4-15(16)5-7-24-21(29)19(17)27/h4,6,13-14,17-18H,5,7-12H2,1-3H3,(H,24,29)(H,25,28)(H,26,30). The van der Waals surface area contributed by atoms with Crippen LogP contribution in [0, 0.1) is 5.92 Å². The minimum atomic E-state index is -1.09. The second-order valence-corrected chi connectivity index (χ2v) is 7.89. The van der Waals surface area contributed by atoms with Crippen molar-refractivity contribution in [2.75, 3.05) is 40.1 Å². The van der Waals surface area contributed by atoms with Crippen LogP contribution in [0.15, 0.2) is 18.5 Å². The van der Waals surface area contributed by atoms with Crippen LogP contribution in [-0.4, -0.2) is 80.8 Å². The lowest BCUT2D eigenvalue weighted by Crippen LogP contribution is -2.56. The molecule has 3 N–H and O–H groups in total. The molecule has 11 heteroatoms. The van der Waals surface area contributed by atoms with E-state index < -0.39 is 35.8 Å². The number of rotatable bonds is 10. The molecule has 2 heterocycles. The van der Waals surface area contributed by atoms with Crippen molar-refractivity contribution in [1.82, 2.24) is 20.9 Å². The number of nitrogens with zero attached hydrogens (tertiary/aromatic N) is 1. The van der Waals surface area contributed by atoms with E-state index in [0.717, 1.165) is 11.1 Å². The van der Waals surface area contributed by atoms with Gasteiger partial charge in [-0.15, -0.1) is 0 Å². The van der Waals surface area contributed by atoms with E-state index in [9.17, 15) is 19.2 Å². The fourth-order valence-electron chi connectivity index (χ4n) is 3.27. The number of Topliss-reactive ketones (excluding diaryl/α,β-unsaturated/α-hetero) is 1. The fourth-order valence-corrected chi connectivity index (χ4v) is 3.27. The molecule has 0 fully saturated rings. The summed E-state index contributed by atoms with van der Waals surface area (Å²) in [5, 5.41) is 7.72. The van der Waals surface area contributed by atoms with Gasteiger partial charge in [-0.2, -0.15) is 0 Å². The summed E-state index contributed by atoms with van der Waals surface area (Å²) in [6.45, 7) is 4.80. The summed E-state index contributed by atoms with van der Waals surface area (Å²) in [5.74, 6) is -2.40. The van der Waals surface area contributed by atoms with E-state index in [1.807, 2.05) is 6.07 Å². The normalized spacial score (nSPS) is 17.2. The number of nitrogens with one attached hydrogen (secondary N) is 3. The molecule has 2 rings (SSSR count). The first kappa shape index (κ1) is 26.2. The van der Waals surface area contributed by atoms with Gasteiger partial charge in [0.15, 0.2) is 0 Å². The average Bonchev–Trinajstić information content (AvgIpc) is 2.84. The van der Waals surface area contributed by atoms with Crippen molar-refractivity contribution in [3.05, 3.63) is 29.6 Å². The van der Waals surface area contributed by atoms with E-state index in [1.165, 1.54) is 0 Å². The molecule has 0 saturated heterocycles. The molecule has 3 amide bonds. The van der Waals surface area contributed by atoms with Crippen molar-refractivity contribution in [3.8, 4) is 0 Å². The lowest BCUT2D eigenvalue weighted by molar-refractivity contribution is -0.140. The smallest absolute Gasteiger partial charge is 0.407 e. The molecule has 0 spiro atoms. The molecule has 0 radical (unpaired) electrons. The highest BCUT2D eigenvalue weighted by Crippen LogP contribution is 2.13. The van der Waals surface area contributed by atoms with Gasteiger partial charge in [0.2, 0.25) is 11.7 Å². The van der Waals surface area contributed by atoms with Crippen molar-refractivity contribution in [2.24, 2.45) is 5.92 Å². The molecule has 1 aromatic rings. The molecule has 0 aliphatic carbocycles. The van der Waals surface area contributed by atoms with Gasteiger partial charge in [-0.1, -0.05) is 13.8 Å². The lowest BCUT2D eigenvalue weighted by Gasteiger charge is -2.24. The van der Waals surface area contributed by atoms with Crippen molar-refractivity contribution in [1.29, 1.82) is 0 Å². The first-order valence-corrected chi connectivity index (χ1v) is 10.9. The molecule has 182 valence electrons. The Bertz CT molecular complexity index is 831. The lowest BCUT2D eigenvalue weighted by atomic mass is 9.97. The summed E-state index contributed by atoms with van der Waals surface area (Å²) in [6.07, 6.45) is 3.15. The number of carbonyl (C=O) groups is 4. The molecule has 11 nitrogen and oxygen atoms in total. The van der Waals surface area contributed by atoms with Crippen molar-refractivity contribution in [3.63, 3.8) is 0 Å². The van der Waals surface area contributed by atoms with Gasteiger partial charge in [-0.05, 0) is 29.5 Å². The predicted molar refractivity (Wildman–Crippen MR) is 117 cm³/mol. The fraction of sp³-hybridized carbons (Fsp3) is 0.591. The molecular weight excluding hydrogens is 432 g/mol. The maximum atomic E-state index is 13.0. The number of methoxy groups -OCH3 is 1. The summed E-state index contributed by atoms with van der Waals surface area (Å²) in [4.78, 5) is 54.1. The maximum Gasteiger partial charge on any atom is 0.407 e. The van der Waals surface area contributed by atoms with Crippen LogP contribution in [0.1, 0.15) is 25.0 Å². The van der Waals surface area contributed by atoms with E-state index >= 15 is 0 Å². The Morgan fingerprint density at radius 1 is 1.18 bits per heavy atom.